The van der Waals surface area contributed by atoms with Crippen LogP contribution >= 0.6 is 11.3 Å². The van der Waals surface area contributed by atoms with Crippen molar-refractivity contribution in [2.24, 2.45) is 0 Å². The molecular weight excluding hydrogens is 346 g/mol. The Kier molecular flexibility index (Phi) is 4.71. The number of rotatable bonds is 4. The van der Waals surface area contributed by atoms with Crippen molar-refractivity contribution in [3.8, 4) is 11.3 Å². The highest BCUT2D eigenvalue weighted by Crippen LogP contribution is 2.29. The summed E-state index contributed by atoms with van der Waals surface area (Å²) in [6.07, 6.45) is 6.88. The van der Waals surface area contributed by atoms with Crippen molar-refractivity contribution in [1.82, 2.24) is 19.5 Å². The van der Waals surface area contributed by atoms with Crippen LogP contribution in [-0.4, -0.2) is 45.5 Å². The molecule has 0 unspecified atom stereocenters. The fourth-order valence-electron chi connectivity index (χ4n) is 3.19. The number of hydrogen-bond donors (Lipinski definition) is 1. The lowest BCUT2D eigenvalue weighted by molar-refractivity contribution is -0.126. The standard InChI is InChI=1S/C19H21N5OS/c1-20-18-22-24-15(10-11-16(25)23-12-6-3-7-13-23)17(21-19(24)26-18)14-8-4-2-5-9-14/h2,4-5,8-11H,3,6-7,12-13H2,1H3,(H,20,22). The van der Waals surface area contributed by atoms with Gasteiger partial charge in [0.15, 0.2) is 0 Å². The molecule has 1 aliphatic rings. The summed E-state index contributed by atoms with van der Waals surface area (Å²) < 4.78 is 1.80. The molecule has 134 valence electrons. The highest BCUT2D eigenvalue weighted by atomic mass is 32.1. The van der Waals surface area contributed by atoms with Gasteiger partial charge in [0.05, 0.1) is 11.4 Å². The molecule has 0 spiro atoms. The zero-order chi connectivity index (χ0) is 17.9. The fraction of sp³-hybridized carbons (Fsp3) is 0.316. The molecule has 7 heteroatoms. The lowest BCUT2D eigenvalue weighted by Crippen LogP contribution is -2.34. The van der Waals surface area contributed by atoms with Crippen LogP contribution in [-0.2, 0) is 4.79 Å². The van der Waals surface area contributed by atoms with Crippen LogP contribution < -0.4 is 5.32 Å². The van der Waals surface area contributed by atoms with Crippen LogP contribution in [0.15, 0.2) is 36.4 Å². The highest BCUT2D eigenvalue weighted by Gasteiger charge is 2.18. The first-order chi connectivity index (χ1) is 12.8. The minimum Gasteiger partial charge on any atom is -0.363 e. The Morgan fingerprint density at radius 1 is 1.19 bits per heavy atom. The zero-order valence-corrected chi connectivity index (χ0v) is 15.5. The van der Waals surface area contributed by atoms with Crippen molar-refractivity contribution in [2.45, 2.75) is 19.3 Å². The quantitative estimate of drug-likeness (QED) is 0.717. The molecule has 26 heavy (non-hydrogen) atoms. The Labute approximate surface area is 156 Å². The van der Waals surface area contributed by atoms with Gasteiger partial charge in [-0.3, -0.25) is 4.79 Å². The molecule has 0 bridgehead atoms. The number of carbonyl (C=O) groups excluding carboxylic acids is 1. The average Bonchev–Trinajstić information content (AvgIpc) is 3.25. The van der Waals surface area contributed by atoms with E-state index < -0.39 is 0 Å². The molecule has 1 amide bonds. The van der Waals surface area contributed by atoms with E-state index >= 15 is 0 Å². The van der Waals surface area contributed by atoms with Gasteiger partial charge in [0.1, 0.15) is 0 Å². The van der Waals surface area contributed by atoms with Crippen LogP contribution in [0.4, 0.5) is 5.13 Å². The normalized spacial score (nSPS) is 15.0. The van der Waals surface area contributed by atoms with Crippen LogP contribution in [0.2, 0.25) is 0 Å². The van der Waals surface area contributed by atoms with Gasteiger partial charge < -0.3 is 10.2 Å². The summed E-state index contributed by atoms with van der Waals surface area (Å²) in [6, 6.07) is 10.0. The van der Waals surface area contributed by atoms with Crippen LogP contribution in [0.3, 0.4) is 0 Å². The van der Waals surface area contributed by atoms with Gasteiger partial charge in [-0.2, -0.15) is 0 Å². The summed E-state index contributed by atoms with van der Waals surface area (Å²) in [6.45, 7) is 1.69. The number of fused-ring (bicyclic) bond motifs is 1. The summed E-state index contributed by atoms with van der Waals surface area (Å²) in [5.74, 6) is 0.0581. The summed E-state index contributed by atoms with van der Waals surface area (Å²) in [5.41, 5.74) is 2.69. The predicted octanol–water partition coefficient (Wildman–Crippen LogP) is 3.53. The van der Waals surface area contributed by atoms with Gasteiger partial charge >= 0.3 is 0 Å². The van der Waals surface area contributed by atoms with Crippen LogP contribution in [0.25, 0.3) is 22.3 Å². The maximum Gasteiger partial charge on any atom is 0.246 e. The van der Waals surface area contributed by atoms with Crippen LogP contribution in [0.1, 0.15) is 25.0 Å². The van der Waals surface area contributed by atoms with E-state index in [0.29, 0.717) is 0 Å². The van der Waals surface area contributed by atoms with Gasteiger partial charge in [0, 0.05) is 31.8 Å². The molecule has 1 fully saturated rings. The van der Waals surface area contributed by atoms with E-state index in [-0.39, 0.29) is 5.91 Å². The SMILES string of the molecule is CNc1nn2c(C=CC(=O)N3CCCCC3)c(-c3ccccc3)nc2s1. The van der Waals surface area contributed by atoms with Crippen LogP contribution in [0, 0.1) is 0 Å². The Balaban J connectivity index is 1.72. The molecule has 0 atom stereocenters. The molecule has 3 heterocycles. The number of piperidine rings is 1. The lowest BCUT2D eigenvalue weighted by Gasteiger charge is -2.25. The molecular formula is C19H21N5OS. The van der Waals surface area contributed by atoms with Gasteiger partial charge in [-0.05, 0) is 25.3 Å². The number of likely N-dealkylation sites (tertiary alicyclic amines) is 1. The minimum atomic E-state index is 0.0581. The summed E-state index contributed by atoms with van der Waals surface area (Å²) in [4.78, 5) is 20.0. The molecule has 3 aromatic rings. The number of hydrogen-bond acceptors (Lipinski definition) is 5. The molecule has 6 nitrogen and oxygen atoms in total. The third-order valence-corrected chi connectivity index (χ3v) is 5.48. The third kappa shape index (κ3) is 3.22. The first-order valence-corrected chi connectivity index (χ1v) is 9.67. The van der Waals surface area contributed by atoms with E-state index in [1.54, 1.807) is 10.6 Å². The monoisotopic (exact) mass is 367 g/mol. The van der Waals surface area contributed by atoms with Crippen molar-refractivity contribution in [3.05, 3.63) is 42.1 Å². The van der Waals surface area contributed by atoms with Crippen molar-refractivity contribution >= 4 is 33.4 Å². The first-order valence-electron chi connectivity index (χ1n) is 8.86. The molecule has 1 aromatic carbocycles. The van der Waals surface area contributed by atoms with Crippen molar-refractivity contribution in [2.75, 3.05) is 25.5 Å². The largest absolute Gasteiger partial charge is 0.363 e. The number of amides is 1. The molecule has 0 radical (unpaired) electrons. The minimum absolute atomic E-state index is 0.0581. The molecule has 1 N–H and O–H groups in total. The molecule has 1 aliphatic heterocycles. The average molecular weight is 367 g/mol. The highest BCUT2D eigenvalue weighted by molar-refractivity contribution is 7.20. The van der Waals surface area contributed by atoms with Gasteiger partial charge in [-0.25, -0.2) is 9.50 Å². The van der Waals surface area contributed by atoms with E-state index in [1.807, 2.05) is 48.4 Å². The summed E-state index contributed by atoms with van der Waals surface area (Å²) in [5, 5.41) is 8.40. The van der Waals surface area contributed by atoms with Crippen molar-refractivity contribution in [1.29, 1.82) is 0 Å². The maximum absolute atomic E-state index is 12.5. The topological polar surface area (TPSA) is 62.5 Å². The van der Waals surface area contributed by atoms with E-state index in [0.717, 1.165) is 53.0 Å². The number of nitrogens with one attached hydrogen (secondary N) is 1. The number of imidazole rings is 1. The summed E-state index contributed by atoms with van der Waals surface area (Å²) >= 11 is 1.49. The van der Waals surface area contributed by atoms with E-state index in [2.05, 4.69) is 10.4 Å². The van der Waals surface area contributed by atoms with Gasteiger partial charge in [-0.15, -0.1) is 5.10 Å². The number of benzene rings is 1. The second-order valence-corrected chi connectivity index (χ2v) is 7.24. The molecule has 0 saturated carbocycles. The molecule has 1 saturated heterocycles. The number of nitrogens with zero attached hydrogens (tertiary/aromatic N) is 4. The Morgan fingerprint density at radius 3 is 2.69 bits per heavy atom. The smallest absolute Gasteiger partial charge is 0.246 e. The molecule has 0 aliphatic carbocycles. The van der Waals surface area contributed by atoms with Crippen molar-refractivity contribution in [3.63, 3.8) is 0 Å². The zero-order valence-electron chi connectivity index (χ0n) is 14.7. The first kappa shape index (κ1) is 16.8. The summed E-state index contributed by atoms with van der Waals surface area (Å²) in [7, 11) is 1.84. The fourth-order valence-corrected chi connectivity index (χ4v) is 3.95. The van der Waals surface area contributed by atoms with Gasteiger partial charge in [-0.1, -0.05) is 41.7 Å². The predicted molar refractivity (Wildman–Crippen MR) is 105 cm³/mol. The third-order valence-electron chi connectivity index (χ3n) is 4.55. The molecule has 4 rings (SSSR count). The van der Waals surface area contributed by atoms with Gasteiger partial charge in [0.2, 0.25) is 16.0 Å². The Morgan fingerprint density at radius 2 is 1.96 bits per heavy atom. The number of aromatic nitrogens is 3. The lowest BCUT2D eigenvalue weighted by atomic mass is 10.1. The second kappa shape index (κ2) is 7.29. The Bertz CT molecular complexity index is 938. The molecule has 2 aromatic heterocycles. The Hall–Kier alpha value is -2.67. The van der Waals surface area contributed by atoms with Crippen LogP contribution in [0.5, 0.6) is 0 Å². The van der Waals surface area contributed by atoms with Gasteiger partial charge in [0.25, 0.3) is 0 Å². The maximum atomic E-state index is 12.5. The van der Waals surface area contributed by atoms with E-state index in [9.17, 15) is 4.79 Å². The number of carbonyl (C=O) groups is 1. The second-order valence-electron chi connectivity index (χ2n) is 6.28. The van der Waals surface area contributed by atoms with Crippen molar-refractivity contribution < 1.29 is 4.79 Å². The van der Waals surface area contributed by atoms with E-state index in [4.69, 9.17) is 4.98 Å². The van der Waals surface area contributed by atoms with E-state index in [1.165, 1.54) is 17.8 Å². The number of anilines is 1.